The molecule has 0 spiro atoms. The standard InChI is InChI=1S/C9H18N2O/c1-4-8(10)11-5-6-12-7-9(11,2)3/h10H,4-7H2,1-3H3. The summed E-state index contributed by atoms with van der Waals surface area (Å²) < 4.78 is 5.37. The fourth-order valence-electron chi connectivity index (χ4n) is 1.55. The maximum absolute atomic E-state index is 7.76. The highest BCUT2D eigenvalue weighted by atomic mass is 16.5. The topological polar surface area (TPSA) is 36.3 Å². The monoisotopic (exact) mass is 170 g/mol. The zero-order valence-corrected chi connectivity index (χ0v) is 8.18. The first-order chi connectivity index (χ1) is 5.58. The third-order valence-corrected chi connectivity index (χ3v) is 2.31. The van der Waals surface area contributed by atoms with Crippen molar-refractivity contribution in [2.45, 2.75) is 32.7 Å². The van der Waals surface area contributed by atoms with Gasteiger partial charge in [0, 0.05) is 13.0 Å². The Morgan fingerprint density at radius 3 is 2.75 bits per heavy atom. The second-order valence-electron chi connectivity index (χ2n) is 3.82. The Hall–Kier alpha value is -0.570. The molecule has 1 aliphatic rings. The summed E-state index contributed by atoms with van der Waals surface area (Å²) in [6.45, 7) is 8.61. The molecule has 3 heteroatoms. The quantitative estimate of drug-likeness (QED) is 0.478. The Morgan fingerprint density at radius 1 is 1.58 bits per heavy atom. The number of amidine groups is 1. The molecule has 0 bridgehead atoms. The molecule has 0 saturated carbocycles. The van der Waals surface area contributed by atoms with Gasteiger partial charge in [0.1, 0.15) is 0 Å². The van der Waals surface area contributed by atoms with Crippen molar-refractivity contribution in [2.75, 3.05) is 19.8 Å². The van der Waals surface area contributed by atoms with Crippen molar-refractivity contribution in [2.24, 2.45) is 0 Å². The van der Waals surface area contributed by atoms with E-state index in [1.165, 1.54) is 0 Å². The van der Waals surface area contributed by atoms with Gasteiger partial charge in [-0.3, -0.25) is 5.41 Å². The van der Waals surface area contributed by atoms with Gasteiger partial charge >= 0.3 is 0 Å². The van der Waals surface area contributed by atoms with Crippen LogP contribution in [0.25, 0.3) is 0 Å². The molecule has 1 saturated heterocycles. The van der Waals surface area contributed by atoms with E-state index in [4.69, 9.17) is 10.1 Å². The van der Waals surface area contributed by atoms with Crippen LogP contribution >= 0.6 is 0 Å². The largest absolute Gasteiger partial charge is 0.377 e. The van der Waals surface area contributed by atoms with Crippen molar-refractivity contribution >= 4 is 5.84 Å². The molecule has 0 aromatic carbocycles. The van der Waals surface area contributed by atoms with Crippen molar-refractivity contribution in [3.8, 4) is 0 Å². The molecule has 0 aromatic heterocycles. The molecule has 1 rings (SSSR count). The van der Waals surface area contributed by atoms with E-state index in [0.717, 1.165) is 32.0 Å². The fraction of sp³-hybridized carbons (Fsp3) is 0.889. The van der Waals surface area contributed by atoms with Crippen LogP contribution in [0.2, 0.25) is 0 Å². The lowest BCUT2D eigenvalue weighted by Gasteiger charge is -2.43. The van der Waals surface area contributed by atoms with Crippen LogP contribution < -0.4 is 0 Å². The number of nitrogens with one attached hydrogen (secondary N) is 1. The van der Waals surface area contributed by atoms with Gasteiger partial charge in [0.05, 0.1) is 24.6 Å². The summed E-state index contributed by atoms with van der Waals surface area (Å²) in [5, 5.41) is 7.76. The predicted octanol–water partition coefficient (Wildman–Crippen LogP) is 1.48. The highest BCUT2D eigenvalue weighted by molar-refractivity contribution is 5.79. The number of morpholine rings is 1. The van der Waals surface area contributed by atoms with Gasteiger partial charge in [-0.25, -0.2) is 0 Å². The summed E-state index contributed by atoms with van der Waals surface area (Å²) in [4.78, 5) is 2.14. The van der Waals surface area contributed by atoms with Crippen molar-refractivity contribution < 1.29 is 4.74 Å². The summed E-state index contributed by atoms with van der Waals surface area (Å²) >= 11 is 0. The first-order valence-electron chi connectivity index (χ1n) is 4.51. The van der Waals surface area contributed by atoms with E-state index < -0.39 is 0 Å². The number of hydrogen-bond donors (Lipinski definition) is 1. The molecule has 0 unspecified atom stereocenters. The highest BCUT2D eigenvalue weighted by Gasteiger charge is 2.31. The van der Waals surface area contributed by atoms with Crippen LogP contribution in [0.5, 0.6) is 0 Å². The third-order valence-electron chi connectivity index (χ3n) is 2.31. The highest BCUT2D eigenvalue weighted by Crippen LogP contribution is 2.19. The van der Waals surface area contributed by atoms with Gasteiger partial charge in [-0.05, 0) is 13.8 Å². The Morgan fingerprint density at radius 2 is 2.25 bits per heavy atom. The molecule has 1 heterocycles. The lowest BCUT2D eigenvalue weighted by Crippen LogP contribution is -2.55. The van der Waals surface area contributed by atoms with Gasteiger partial charge in [-0.15, -0.1) is 0 Å². The molecule has 0 aromatic rings. The predicted molar refractivity (Wildman–Crippen MR) is 49.6 cm³/mol. The Labute approximate surface area is 74.2 Å². The minimum Gasteiger partial charge on any atom is -0.377 e. The van der Waals surface area contributed by atoms with Crippen molar-refractivity contribution in [3.05, 3.63) is 0 Å². The van der Waals surface area contributed by atoms with Gasteiger partial charge in [0.15, 0.2) is 0 Å². The van der Waals surface area contributed by atoms with Crippen LogP contribution in [-0.2, 0) is 4.74 Å². The Balaban J connectivity index is 2.66. The van der Waals surface area contributed by atoms with Gasteiger partial charge in [-0.1, -0.05) is 6.92 Å². The Kier molecular flexibility index (Phi) is 2.73. The van der Waals surface area contributed by atoms with Crippen LogP contribution in [0.4, 0.5) is 0 Å². The Bertz CT molecular complexity index is 177. The number of hydrogen-bond acceptors (Lipinski definition) is 2. The number of rotatable bonds is 1. The maximum Gasteiger partial charge on any atom is 0.0960 e. The molecule has 0 amide bonds. The molecule has 1 N–H and O–H groups in total. The maximum atomic E-state index is 7.76. The van der Waals surface area contributed by atoms with Crippen LogP contribution in [0.15, 0.2) is 0 Å². The summed E-state index contributed by atoms with van der Waals surface area (Å²) in [6, 6.07) is 0. The smallest absolute Gasteiger partial charge is 0.0960 e. The molecular weight excluding hydrogens is 152 g/mol. The number of ether oxygens (including phenoxy) is 1. The molecule has 1 fully saturated rings. The summed E-state index contributed by atoms with van der Waals surface area (Å²) in [5.41, 5.74) is 0.00530. The van der Waals surface area contributed by atoms with Gasteiger partial charge in [0.2, 0.25) is 0 Å². The molecular formula is C9H18N2O. The van der Waals surface area contributed by atoms with Crippen molar-refractivity contribution in [1.82, 2.24) is 4.90 Å². The van der Waals surface area contributed by atoms with E-state index in [9.17, 15) is 0 Å². The van der Waals surface area contributed by atoms with Gasteiger partial charge < -0.3 is 9.64 Å². The molecule has 0 radical (unpaired) electrons. The van der Waals surface area contributed by atoms with E-state index in [2.05, 4.69) is 18.7 Å². The van der Waals surface area contributed by atoms with E-state index >= 15 is 0 Å². The minimum absolute atomic E-state index is 0.00530. The molecule has 70 valence electrons. The van der Waals surface area contributed by atoms with E-state index in [1.54, 1.807) is 0 Å². The SMILES string of the molecule is CCC(=N)N1CCOCC1(C)C. The lowest BCUT2D eigenvalue weighted by atomic mass is 10.0. The molecule has 3 nitrogen and oxygen atoms in total. The van der Waals surface area contributed by atoms with Crippen molar-refractivity contribution in [3.63, 3.8) is 0 Å². The van der Waals surface area contributed by atoms with Crippen LogP contribution in [0.3, 0.4) is 0 Å². The zero-order valence-electron chi connectivity index (χ0n) is 8.18. The molecule has 1 aliphatic heterocycles. The normalized spacial score (nSPS) is 22.4. The van der Waals surface area contributed by atoms with Gasteiger partial charge in [-0.2, -0.15) is 0 Å². The zero-order chi connectivity index (χ0) is 9.19. The summed E-state index contributed by atoms with van der Waals surface area (Å²) in [7, 11) is 0. The first kappa shape index (κ1) is 9.52. The third kappa shape index (κ3) is 1.78. The average molecular weight is 170 g/mol. The second-order valence-corrected chi connectivity index (χ2v) is 3.82. The average Bonchev–Trinajstić information content (AvgIpc) is 2.02. The molecule has 12 heavy (non-hydrogen) atoms. The van der Waals surface area contributed by atoms with E-state index in [-0.39, 0.29) is 5.54 Å². The van der Waals surface area contributed by atoms with Gasteiger partial charge in [0.25, 0.3) is 0 Å². The van der Waals surface area contributed by atoms with E-state index in [1.807, 2.05) is 6.92 Å². The van der Waals surface area contributed by atoms with Crippen LogP contribution in [0, 0.1) is 5.41 Å². The second kappa shape index (κ2) is 3.44. The number of nitrogens with zero attached hydrogens (tertiary/aromatic N) is 1. The van der Waals surface area contributed by atoms with Crippen LogP contribution in [-0.4, -0.2) is 36.0 Å². The van der Waals surface area contributed by atoms with Crippen molar-refractivity contribution in [1.29, 1.82) is 5.41 Å². The fourth-order valence-corrected chi connectivity index (χ4v) is 1.55. The summed E-state index contributed by atoms with van der Waals surface area (Å²) in [6.07, 6.45) is 0.809. The van der Waals surface area contributed by atoms with Crippen LogP contribution in [0.1, 0.15) is 27.2 Å². The molecule has 0 aliphatic carbocycles. The first-order valence-corrected chi connectivity index (χ1v) is 4.51. The molecule has 0 atom stereocenters. The summed E-state index contributed by atoms with van der Waals surface area (Å²) in [5.74, 6) is 0.725. The lowest BCUT2D eigenvalue weighted by molar-refractivity contribution is -0.0162. The van der Waals surface area contributed by atoms with E-state index in [0.29, 0.717) is 0 Å². The minimum atomic E-state index is 0.00530.